The largest absolute Gasteiger partial charge is 0.298 e. The maximum Gasteiger partial charge on any atom is 0.0703 e. The second-order valence-electron chi connectivity index (χ2n) is 5.08. The Kier molecular flexibility index (Phi) is 1.49. The lowest BCUT2D eigenvalue weighted by Crippen LogP contribution is -2.54. The minimum atomic E-state index is 0.0908. The lowest BCUT2D eigenvalue weighted by atomic mass is 9.90. The Labute approximate surface area is 79.5 Å². The molecule has 2 saturated carbocycles. The summed E-state index contributed by atoms with van der Waals surface area (Å²) in [6.45, 7) is 2.36. The minimum Gasteiger partial charge on any atom is -0.298 e. The summed E-state index contributed by atoms with van der Waals surface area (Å²) >= 11 is 0. The third-order valence-electron chi connectivity index (χ3n) is 4.15. The van der Waals surface area contributed by atoms with Gasteiger partial charge in [0.15, 0.2) is 0 Å². The van der Waals surface area contributed by atoms with Crippen molar-refractivity contribution in [2.24, 2.45) is 11.3 Å². The van der Waals surface area contributed by atoms with Crippen LogP contribution in [0.25, 0.3) is 0 Å². The molecule has 0 aromatic rings. The van der Waals surface area contributed by atoms with Gasteiger partial charge in [-0.3, -0.25) is 4.90 Å². The maximum absolute atomic E-state index is 8.99. The van der Waals surface area contributed by atoms with E-state index in [2.05, 4.69) is 11.0 Å². The van der Waals surface area contributed by atoms with Gasteiger partial charge >= 0.3 is 0 Å². The van der Waals surface area contributed by atoms with Crippen LogP contribution in [0.15, 0.2) is 0 Å². The fourth-order valence-electron chi connectivity index (χ4n) is 3.04. The van der Waals surface area contributed by atoms with Crippen LogP contribution in [-0.2, 0) is 0 Å². The Bertz CT molecular complexity index is 262. The normalized spacial score (nSPS) is 40.5. The van der Waals surface area contributed by atoms with E-state index in [1.54, 1.807) is 0 Å². The van der Waals surface area contributed by atoms with Gasteiger partial charge in [0.1, 0.15) is 0 Å². The molecule has 0 spiro atoms. The highest BCUT2D eigenvalue weighted by atomic mass is 15.2. The molecular weight excluding hydrogens is 160 g/mol. The monoisotopic (exact) mass is 176 g/mol. The first kappa shape index (κ1) is 7.82. The van der Waals surface area contributed by atoms with Crippen molar-refractivity contribution in [3.63, 3.8) is 0 Å². The van der Waals surface area contributed by atoms with E-state index in [0.717, 1.165) is 31.3 Å². The molecule has 0 amide bonds. The average Bonchev–Trinajstić information content (AvgIpc) is 2.81. The van der Waals surface area contributed by atoms with E-state index < -0.39 is 0 Å². The lowest BCUT2D eigenvalue weighted by molar-refractivity contribution is 0.0266. The van der Waals surface area contributed by atoms with Crippen molar-refractivity contribution in [2.75, 3.05) is 13.1 Å². The van der Waals surface area contributed by atoms with Crippen LogP contribution in [-0.4, -0.2) is 24.0 Å². The first-order valence-corrected chi connectivity index (χ1v) is 5.48. The van der Waals surface area contributed by atoms with Crippen LogP contribution in [0.3, 0.4) is 0 Å². The second-order valence-corrected chi connectivity index (χ2v) is 5.08. The number of nitrogens with zero attached hydrogens (tertiary/aromatic N) is 2. The van der Waals surface area contributed by atoms with E-state index in [4.69, 9.17) is 5.26 Å². The highest BCUT2D eigenvalue weighted by Gasteiger charge is 2.50. The highest BCUT2D eigenvalue weighted by molar-refractivity contribution is 5.13. The molecular formula is C11H16N2. The number of hydrogen-bond acceptors (Lipinski definition) is 2. The van der Waals surface area contributed by atoms with E-state index >= 15 is 0 Å². The summed E-state index contributed by atoms with van der Waals surface area (Å²) in [7, 11) is 0. The fraction of sp³-hybridized carbons (Fsp3) is 0.909. The zero-order valence-electron chi connectivity index (χ0n) is 8.00. The van der Waals surface area contributed by atoms with Gasteiger partial charge in [-0.2, -0.15) is 5.26 Å². The van der Waals surface area contributed by atoms with Crippen LogP contribution in [0, 0.1) is 22.7 Å². The number of fused-ring (bicyclic) bond motifs is 1. The summed E-state index contributed by atoms with van der Waals surface area (Å²) in [5.41, 5.74) is 0.0908. The van der Waals surface area contributed by atoms with Crippen molar-refractivity contribution in [1.29, 1.82) is 5.26 Å². The summed E-state index contributed by atoms with van der Waals surface area (Å²) < 4.78 is 0. The first-order chi connectivity index (χ1) is 6.33. The van der Waals surface area contributed by atoms with Gasteiger partial charge in [0, 0.05) is 19.1 Å². The van der Waals surface area contributed by atoms with Crippen LogP contribution in [0.1, 0.15) is 32.1 Å². The molecule has 2 heteroatoms. The SMILES string of the molecule is N#CC1(CN2CC3CCCC32)CC1. The molecule has 1 aliphatic heterocycles. The summed E-state index contributed by atoms with van der Waals surface area (Å²) in [5.74, 6) is 0.995. The molecule has 2 atom stereocenters. The summed E-state index contributed by atoms with van der Waals surface area (Å²) in [6, 6.07) is 3.36. The minimum absolute atomic E-state index is 0.0908. The Morgan fingerprint density at radius 1 is 1.38 bits per heavy atom. The number of hydrogen-bond donors (Lipinski definition) is 0. The predicted molar refractivity (Wildman–Crippen MR) is 50.0 cm³/mol. The van der Waals surface area contributed by atoms with Crippen LogP contribution in [0.5, 0.6) is 0 Å². The maximum atomic E-state index is 8.99. The Hall–Kier alpha value is -0.550. The third kappa shape index (κ3) is 1.10. The van der Waals surface area contributed by atoms with Crippen LogP contribution in [0.4, 0.5) is 0 Å². The van der Waals surface area contributed by atoms with Crippen LogP contribution < -0.4 is 0 Å². The zero-order valence-corrected chi connectivity index (χ0v) is 8.00. The molecule has 2 aliphatic carbocycles. The standard InChI is InChI=1S/C11H16N2/c12-7-11(4-5-11)8-13-6-9-2-1-3-10(9)13/h9-10H,1-6,8H2. The van der Waals surface area contributed by atoms with Gasteiger partial charge < -0.3 is 0 Å². The first-order valence-electron chi connectivity index (χ1n) is 5.48. The second kappa shape index (κ2) is 2.48. The van der Waals surface area contributed by atoms with Crippen LogP contribution >= 0.6 is 0 Å². The lowest BCUT2D eigenvalue weighted by Gasteiger charge is -2.45. The average molecular weight is 176 g/mol. The molecule has 70 valence electrons. The van der Waals surface area contributed by atoms with Crippen molar-refractivity contribution in [3.05, 3.63) is 0 Å². The number of likely N-dealkylation sites (tertiary alicyclic amines) is 1. The molecule has 0 bridgehead atoms. The molecule has 3 aliphatic rings. The summed E-state index contributed by atoms with van der Waals surface area (Å²) in [4.78, 5) is 2.56. The van der Waals surface area contributed by atoms with Gasteiger partial charge in [-0.25, -0.2) is 0 Å². The highest BCUT2D eigenvalue weighted by Crippen LogP contribution is 2.49. The molecule has 13 heavy (non-hydrogen) atoms. The molecule has 0 aromatic carbocycles. The van der Waals surface area contributed by atoms with Gasteiger partial charge in [0.05, 0.1) is 11.5 Å². The van der Waals surface area contributed by atoms with Crippen molar-refractivity contribution in [2.45, 2.75) is 38.1 Å². The quantitative estimate of drug-likeness (QED) is 0.641. The zero-order chi connectivity index (χ0) is 8.89. The topological polar surface area (TPSA) is 27.0 Å². The summed E-state index contributed by atoms with van der Waals surface area (Å²) in [6.07, 6.45) is 6.56. The van der Waals surface area contributed by atoms with E-state index in [0.29, 0.717) is 0 Å². The Morgan fingerprint density at radius 2 is 2.23 bits per heavy atom. The van der Waals surface area contributed by atoms with Crippen molar-refractivity contribution >= 4 is 0 Å². The van der Waals surface area contributed by atoms with E-state index in [-0.39, 0.29) is 5.41 Å². The van der Waals surface area contributed by atoms with Crippen molar-refractivity contribution in [1.82, 2.24) is 4.90 Å². The Balaban J connectivity index is 1.61. The third-order valence-corrected chi connectivity index (χ3v) is 4.15. The van der Waals surface area contributed by atoms with Gasteiger partial charge in [0.25, 0.3) is 0 Å². The number of rotatable bonds is 2. The molecule has 1 saturated heterocycles. The van der Waals surface area contributed by atoms with Gasteiger partial charge in [-0.15, -0.1) is 0 Å². The molecule has 0 N–H and O–H groups in total. The summed E-state index contributed by atoms with van der Waals surface area (Å²) in [5, 5.41) is 8.99. The molecule has 0 aromatic heterocycles. The molecule has 2 unspecified atom stereocenters. The van der Waals surface area contributed by atoms with Gasteiger partial charge in [0.2, 0.25) is 0 Å². The Morgan fingerprint density at radius 3 is 2.85 bits per heavy atom. The molecule has 3 fully saturated rings. The van der Waals surface area contributed by atoms with Crippen molar-refractivity contribution in [3.8, 4) is 6.07 Å². The van der Waals surface area contributed by atoms with E-state index in [1.807, 2.05) is 0 Å². The molecule has 0 radical (unpaired) electrons. The van der Waals surface area contributed by atoms with Gasteiger partial charge in [-0.05, 0) is 31.6 Å². The molecule has 2 nitrogen and oxygen atoms in total. The van der Waals surface area contributed by atoms with Gasteiger partial charge in [-0.1, -0.05) is 6.42 Å². The predicted octanol–water partition coefficient (Wildman–Crippen LogP) is 1.77. The number of nitriles is 1. The molecule has 1 heterocycles. The van der Waals surface area contributed by atoms with Crippen molar-refractivity contribution < 1.29 is 0 Å². The van der Waals surface area contributed by atoms with E-state index in [1.165, 1.54) is 25.8 Å². The smallest absolute Gasteiger partial charge is 0.0703 e. The van der Waals surface area contributed by atoms with Crippen LogP contribution in [0.2, 0.25) is 0 Å². The molecule has 3 rings (SSSR count). The fourth-order valence-corrected chi connectivity index (χ4v) is 3.04. The van der Waals surface area contributed by atoms with E-state index in [9.17, 15) is 0 Å².